The Morgan fingerprint density at radius 3 is 2.60 bits per heavy atom. The fraction of sp³-hybridized carbons (Fsp3) is 0.917. The van der Waals surface area contributed by atoms with Gasteiger partial charge in [0.15, 0.2) is 0 Å². The van der Waals surface area contributed by atoms with Crippen molar-refractivity contribution in [1.82, 2.24) is 5.32 Å². The Bertz CT molecular complexity index is 176. The summed E-state index contributed by atoms with van der Waals surface area (Å²) in [5.74, 6) is 0.756. The fourth-order valence-electron chi connectivity index (χ4n) is 2.29. The summed E-state index contributed by atoms with van der Waals surface area (Å²) in [5, 5.41) is 3.38. The van der Waals surface area contributed by atoms with E-state index in [0.717, 1.165) is 25.4 Å². The molecule has 1 aliphatic carbocycles. The lowest BCUT2D eigenvalue weighted by molar-refractivity contribution is -0.118. The smallest absolute Gasteiger partial charge is 0.217 e. The summed E-state index contributed by atoms with van der Waals surface area (Å²) in [4.78, 5) is 10.5. The minimum absolute atomic E-state index is 0.191. The van der Waals surface area contributed by atoms with E-state index in [2.05, 4.69) is 5.32 Å². The highest BCUT2D eigenvalue weighted by molar-refractivity contribution is 5.73. The summed E-state index contributed by atoms with van der Waals surface area (Å²) in [6.45, 7) is 2.03. The molecule has 0 aromatic heterocycles. The maximum atomic E-state index is 10.5. The molecule has 0 aliphatic heterocycles. The standard InChI is InChI=1S/C12H24N2O/c13-12(15)7-4-9-14-10-8-11-5-2-1-3-6-11/h11,14H,1-10H2,(H2,13,15). The molecule has 0 atom stereocenters. The van der Waals surface area contributed by atoms with E-state index in [0.29, 0.717) is 6.42 Å². The first kappa shape index (κ1) is 12.5. The van der Waals surface area contributed by atoms with E-state index in [1.165, 1.54) is 38.5 Å². The molecule has 1 rings (SSSR count). The van der Waals surface area contributed by atoms with Crippen LogP contribution in [0.25, 0.3) is 0 Å². The molecule has 0 spiro atoms. The van der Waals surface area contributed by atoms with E-state index < -0.39 is 0 Å². The fourth-order valence-corrected chi connectivity index (χ4v) is 2.29. The third kappa shape index (κ3) is 6.50. The zero-order chi connectivity index (χ0) is 10.9. The average molecular weight is 212 g/mol. The van der Waals surface area contributed by atoms with Crippen LogP contribution >= 0.6 is 0 Å². The van der Waals surface area contributed by atoms with Crippen molar-refractivity contribution in [1.29, 1.82) is 0 Å². The van der Waals surface area contributed by atoms with Crippen LogP contribution < -0.4 is 11.1 Å². The van der Waals surface area contributed by atoms with Crippen molar-refractivity contribution in [3.8, 4) is 0 Å². The van der Waals surface area contributed by atoms with Gasteiger partial charge in [0.2, 0.25) is 5.91 Å². The molecule has 3 heteroatoms. The predicted octanol–water partition coefficient (Wildman–Crippen LogP) is 1.81. The van der Waals surface area contributed by atoms with Crippen LogP contribution in [0.3, 0.4) is 0 Å². The number of rotatable bonds is 7. The molecule has 1 amide bonds. The molecule has 0 bridgehead atoms. The van der Waals surface area contributed by atoms with Crippen LogP contribution in [0, 0.1) is 5.92 Å². The van der Waals surface area contributed by atoms with E-state index in [-0.39, 0.29) is 5.91 Å². The third-order valence-electron chi connectivity index (χ3n) is 3.23. The molecular formula is C12H24N2O. The molecule has 1 aliphatic rings. The van der Waals surface area contributed by atoms with Crippen LogP contribution in [0.4, 0.5) is 0 Å². The van der Waals surface area contributed by atoms with Crippen molar-refractivity contribution < 1.29 is 4.79 Å². The van der Waals surface area contributed by atoms with Gasteiger partial charge in [-0.05, 0) is 31.8 Å². The lowest BCUT2D eigenvalue weighted by Crippen LogP contribution is -2.22. The second-order valence-electron chi connectivity index (χ2n) is 4.61. The first-order valence-corrected chi connectivity index (χ1v) is 6.28. The predicted molar refractivity (Wildman–Crippen MR) is 62.5 cm³/mol. The number of carbonyl (C=O) groups excluding carboxylic acids is 1. The number of nitrogens with two attached hydrogens (primary N) is 1. The average Bonchev–Trinajstić information content (AvgIpc) is 2.24. The maximum absolute atomic E-state index is 10.5. The van der Waals surface area contributed by atoms with Crippen LogP contribution in [0.5, 0.6) is 0 Å². The number of amides is 1. The van der Waals surface area contributed by atoms with E-state index in [1.54, 1.807) is 0 Å². The third-order valence-corrected chi connectivity index (χ3v) is 3.23. The number of primary amides is 1. The van der Waals surface area contributed by atoms with Gasteiger partial charge >= 0.3 is 0 Å². The molecule has 1 fully saturated rings. The quantitative estimate of drug-likeness (QED) is 0.632. The minimum Gasteiger partial charge on any atom is -0.370 e. The first-order valence-electron chi connectivity index (χ1n) is 6.28. The van der Waals surface area contributed by atoms with Crippen LogP contribution in [-0.2, 0) is 4.79 Å². The van der Waals surface area contributed by atoms with Crippen molar-refractivity contribution in [3.05, 3.63) is 0 Å². The summed E-state index contributed by atoms with van der Waals surface area (Å²) in [6, 6.07) is 0. The van der Waals surface area contributed by atoms with Gasteiger partial charge in [0.1, 0.15) is 0 Å². The highest BCUT2D eigenvalue weighted by atomic mass is 16.1. The second kappa shape index (κ2) is 7.69. The monoisotopic (exact) mass is 212 g/mol. The lowest BCUT2D eigenvalue weighted by atomic mass is 9.87. The molecule has 0 aromatic rings. The van der Waals surface area contributed by atoms with Gasteiger partial charge in [-0.2, -0.15) is 0 Å². The van der Waals surface area contributed by atoms with Gasteiger partial charge in [-0.3, -0.25) is 4.79 Å². The van der Waals surface area contributed by atoms with Gasteiger partial charge in [0.25, 0.3) is 0 Å². The maximum Gasteiger partial charge on any atom is 0.217 e. The number of hydrogen-bond acceptors (Lipinski definition) is 2. The summed E-state index contributed by atoms with van der Waals surface area (Å²) in [5.41, 5.74) is 5.06. The topological polar surface area (TPSA) is 55.1 Å². The van der Waals surface area contributed by atoms with E-state index >= 15 is 0 Å². The first-order chi connectivity index (χ1) is 7.29. The molecule has 3 N–H and O–H groups in total. The Hall–Kier alpha value is -0.570. The highest BCUT2D eigenvalue weighted by Gasteiger charge is 2.12. The lowest BCUT2D eigenvalue weighted by Gasteiger charge is -2.21. The van der Waals surface area contributed by atoms with Gasteiger partial charge in [-0.15, -0.1) is 0 Å². The zero-order valence-electron chi connectivity index (χ0n) is 9.63. The Morgan fingerprint density at radius 1 is 1.20 bits per heavy atom. The van der Waals surface area contributed by atoms with Gasteiger partial charge < -0.3 is 11.1 Å². The number of hydrogen-bond donors (Lipinski definition) is 2. The summed E-state index contributed by atoms with van der Waals surface area (Å²) >= 11 is 0. The van der Waals surface area contributed by atoms with Crippen LogP contribution in [0.15, 0.2) is 0 Å². The van der Waals surface area contributed by atoms with Crippen molar-refractivity contribution in [3.63, 3.8) is 0 Å². The van der Waals surface area contributed by atoms with Crippen LogP contribution in [0.2, 0.25) is 0 Å². The van der Waals surface area contributed by atoms with Crippen molar-refractivity contribution in [2.75, 3.05) is 13.1 Å². The SMILES string of the molecule is NC(=O)CCCNCCC1CCCCC1. The molecule has 15 heavy (non-hydrogen) atoms. The molecule has 3 nitrogen and oxygen atoms in total. The Kier molecular flexibility index (Phi) is 6.41. The summed E-state index contributed by atoms with van der Waals surface area (Å²) in [7, 11) is 0. The molecule has 0 aromatic carbocycles. The molecule has 1 saturated carbocycles. The molecule has 0 saturated heterocycles. The Morgan fingerprint density at radius 2 is 1.93 bits per heavy atom. The van der Waals surface area contributed by atoms with Gasteiger partial charge in [0.05, 0.1) is 0 Å². The zero-order valence-corrected chi connectivity index (χ0v) is 9.63. The van der Waals surface area contributed by atoms with Gasteiger partial charge in [0, 0.05) is 6.42 Å². The van der Waals surface area contributed by atoms with Crippen molar-refractivity contribution in [2.45, 2.75) is 51.4 Å². The Labute approximate surface area is 92.8 Å². The summed E-state index contributed by atoms with van der Waals surface area (Å²) < 4.78 is 0. The molecular weight excluding hydrogens is 188 g/mol. The molecule has 88 valence electrons. The highest BCUT2D eigenvalue weighted by Crippen LogP contribution is 2.25. The molecule has 0 radical (unpaired) electrons. The number of carbonyl (C=O) groups is 1. The normalized spacial score (nSPS) is 17.9. The van der Waals surface area contributed by atoms with Crippen LogP contribution in [-0.4, -0.2) is 19.0 Å². The minimum atomic E-state index is -0.191. The molecule has 0 heterocycles. The van der Waals surface area contributed by atoms with Gasteiger partial charge in [-0.1, -0.05) is 32.1 Å². The van der Waals surface area contributed by atoms with Crippen LogP contribution in [0.1, 0.15) is 51.4 Å². The molecule has 0 unspecified atom stereocenters. The Balaban J connectivity index is 1.85. The largest absolute Gasteiger partial charge is 0.370 e. The second-order valence-corrected chi connectivity index (χ2v) is 4.61. The van der Waals surface area contributed by atoms with E-state index in [9.17, 15) is 4.79 Å². The van der Waals surface area contributed by atoms with E-state index in [1.807, 2.05) is 0 Å². The van der Waals surface area contributed by atoms with E-state index in [4.69, 9.17) is 5.73 Å². The summed E-state index contributed by atoms with van der Waals surface area (Å²) in [6.07, 6.45) is 9.81. The van der Waals surface area contributed by atoms with Crippen molar-refractivity contribution in [2.24, 2.45) is 11.7 Å². The van der Waals surface area contributed by atoms with Gasteiger partial charge in [-0.25, -0.2) is 0 Å². The van der Waals surface area contributed by atoms with Crippen molar-refractivity contribution >= 4 is 5.91 Å². The number of nitrogens with one attached hydrogen (secondary N) is 1.